The Bertz CT molecular complexity index is 935. The lowest BCUT2D eigenvalue weighted by molar-refractivity contribution is -0.918. The van der Waals surface area contributed by atoms with Crippen molar-refractivity contribution in [1.82, 2.24) is 10.3 Å². The smallest absolute Gasteiger partial charge is 0.251 e. The van der Waals surface area contributed by atoms with Crippen LogP contribution in [0.3, 0.4) is 0 Å². The van der Waals surface area contributed by atoms with Gasteiger partial charge in [0.2, 0.25) is 0 Å². The van der Waals surface area contributed by atoms with Crippen LogP contribution in [0.25, 0.3) is 0 Å². The number of nitrogens with zero attached hydrogens (tertiary/aromatic N) is 1. The molecule has 0 saturated carbocycles. The second-order valence-corrected chi connectivity index (χ2v) is 8.45. The number of nitrogens with one attached hydrogen (secondary N) is 2. The van der Waals surface area contributed by atoms with Gasteiger partial charge in [-0.2, -0.15) is 0 Å². The Morgan fingerprint density at radius 2 is 1.80 bits per heavy atom. The van der Waals surface area contributed by atoms with E-state index in [1.165, 1.54) is 43.5 Å². The first kappa shape index (κ1) is 20.6. The third kappa shape index (κ3) is 5.68. The van der Waals surface area contributed by atoms with E-state index >= 15 is 0 Å². The molecule has 4 rings (SSSR count). The number of quaternary nitrogens is 1. The summed E-state index contributed by atoms with van der Waals surface area (Å²) in [5.74, 6) is 0.663. The zero-order valence-electron chi connectivity index (χ0n) is 17.1. The molecule has 1 saturated heterocycles. The van der Waals surface area contributed by atoms with Crippen LogP contribution in [0.15, 0.2) is 59.4 Å². The van der Waals surface area contributed by atoms with Crippen molar-refractivity contribution in [3.05, 3.63) is 81.8 Å². The van der Waals surface area contributed by atoms with E-state index in [0.717, 1.165) is 18.0 Å². The van der Waals surface area contributed by atoms with Crippen LogP contribution in [-0.2, 0) is 19.7 Å². The Balaban J connectivity index is 1.31. The third-order valence-corrected chi connectivity index (χ3v) is 6.18. The van der Waals surface area contributed by atoms with E-state index in [1.54, 1.807) is 33.9 Å². The molecule has 2 N–H and O–H groups in total. The number of thiazole rings is 1. The molecule has 1 fully saturated rings. The number of hydrogen-bond acceptors (Lipinski definition) is 4. The van der Waals surface area contributed by atoms with Gasteiger partial charge in [0.25, 0.3) is 5.91 Å². The molecule has 6 heteroatoms. The zero-order chi connectivity index (χ0) is 20.6. The molecule has 0 atom stereocenters. The quantitative estimate of drug-likeness (QED) is 0.586. The van der Waals surface area contributed by atoms with Crippen LogP contribution in [0.4, 0.5) is 0 Å². The van der Waals surface area contributed by atoms with E-state index in [2.05, 4.69) is 28.5 Å². The van der Waals surface area contributed by atoms with Crippen molar-refractivity contribution >= 4 is 17.2 Å². The number of amides is 1. The minimum Gasteiger partial charge on any atom is -0.487 e. The topological polar surface area (TPSA) is 55.7 Å². The molecule has 156 valence electrons. The first-order valence-corrected chi connectivity index (χ1v) is 11.5. The number of carbonyl (C=O) groups is 1. The van der Waals surface area contributed by atoms with Crippen molar-refractivity contribution in [2.45, 2.75) is 39.0 Å². The Hall–Kier alpha value is -2.70. The van der Waals surface area contributed by atoms with Crippen molar-refractivity contribution in [3.8, 4) is 5.75 Å². The summed E-state index contributed by atoms with van der Waals surface area (Å²) in [6.45, 7) is 4.52. The fraction of sp³-hybridized carbons (Fsp3) is 0.333. The molecule has 1 aliphatic rings. The number of ether oxygens (including phenoxy) is 1. The van der Waals surface area contributed by atoms with Crippen molar-refractivity contribution in [2.75, 3.05) is 13.1 Å². The highest BCUT2D eigenvalue weighted by atomic mass is 32.1. The van der Waals surface area contributed by atoms with Crippen LogP contribution in [-0.4, -0.2) is 24.0 Å². The average molecular weight is 423 g/mol. The van der Waals surface area contributed by atoms with Gasteiger partial charge in [-0.15, -0.1) is 11.3 Å². The Morgan fingerprint density at radius 1 is 1.03 bits per heavy atom. The lowest BCUT2D eigenvalue weighted by Gasteiger charge is -2.24. The van der Waals surface area contributed by atoms with E-state index in [-0.39, 0.29) is 5.91 Å². The summed E-state index contributed by atoms with van der Waals surface area (Å²) >= 11 is 1.55. The summed E-state index contributed by atoms with van der Waals surface area (Å²) in [6.07, 6.45) is 3.99. The molecule has 0 radical (unpaired) electrons. The van der Waals surface area contributed by atoms with Gasteiger partial charge in [0.05, 0.1) is 24.3 Å². The van der Waals surface area contributed by atoms with E-state index in [1.807, 2.05) is 23.6 Å². The monoisotopic (exact) mass is 422 g/mol. The van der Waals surface area contributed by atoms with E-state index < -0.39 is 0 Å². The van der Waals surface area contributed by atoms with Crippen LogP contribution in [0, 0.1) is 0 Å². The van der Waals surface area contributed by atoms with Gasteiger partial charge in [0.15, 0.2) is 0 Å². The van der Waals surface area contributed by atoms with Crippen LogP contribution in [0.1, 0.15) is 46.4 Å². The standard InChI is InChI=1S/C24H27N3O2S/c28-24(19-8-10-23(11-9-19)29-16-22-17-30-18-26-22)25-14-20-6-2-3-7-21(20)15-27-12-4-1-5-13-27/h2-3,6-11,17-18H,1,4-5,12-16H2,(H,25,28)/p+1. The van der Waals surface area contributed by atoms with Crippen LogP contribution in [0.2, 0.25) is 0 Å². The van der Waals surface area contributed by atoms with Crippen LogP contribution >= 0.6 is 11.3 Å². The molecule has 1 aromatic heterocycles. The van der Waals surface area contributed by atoms with Crippen LogP contribution < -0.4 is 15.0 Å². The van der Waals surface area contributed by atoms with Gasteiger partial charge < -0.3 is 15.0 Å². The predicted molar refractivity (Wildman–Crippen MR) is 119 cm³/mol. The summed E-state index contributed by atoms with van der Waals surface area (Å²) in [5, 5.41) is 5.03. The summed E-state index contributed by atoms with van der Waals surface area (Å²) < 4.78 is 5.71. The van der Waals surface area contributed by atoms with Gasteiger partial charge in [-0.1, -0.05) is 24.3 Å². The van der Waals surface area contributed by atoms with Gasteiger partial charge in [-0.05, 0) is 49.1 Å². The number of piperidine rings is 1. The lowest BCUT2D eigenvalue weighted by Crippen LogP contribution is -3.11. The first-order chi connectivity index (χ1) is 14.8. The molecule has 0 bridgehead atoms. The number of aromatic nitrogens is 1. The highest BCUT2D eigenvalue weighted by molar-refractivity contribution is 7.07. The van der Waals surface area contributed by atoms with Crippen molar-refractivity contribution in [2.24, 2.45) is 0 Å². The number of carbonyl (C=O) groups excluding carboxylic acids is 1. The predicted octanol–water partition coefficient (Wildman–Crippen LogP) is 3.22. The minimum atomic E-state index is -0.0684. The van der Waals surface area contributed by atoms with Crippen molar-refractivity contribution < 1.29 is 14.4 Å². The van der Waals surface area contributed by atoms with Gasteiger partial charge in [-0.25, -0.2) is 4.98 Å². The molecule has 0 spiro atoms. The lowest BCUT2D eigenvalue weighted by atomic mass is 10.0. The molecule has 1 aliphatic heterocycles. The molecule has 1 amide bonds. The summed E-state index contributed by atoms with van der Waals surface area (Å²) in [5.41, 5.74) is 5.87. The number of rotatable bonds is 8. The summed E-state index contributed by atoms with van der Waals surface area (Å²) in [7, 11) is 0. The summed E-state index contributed by atoms with van der Waals surface area (Å²) in [6, 6.07) is 15.7. The minimum absolute atomic E-state index is 0.0684. The van der Waals surface area contributed by atoms with E-state index in [9.17, 15) is 4.79 Å². The molecule has 0 aliphatic carbocycles. The molecule has 30 heavy (non-hydrogen) atoms. The van der Waals surface area contributed by atoms with Crippen LogP contribution in [0.5, 0.6) is 5.75 Å². The zero-order valence-corrected chi connectivity index (χ0v) is 17.9. The van der Waals surface area contributed by atoms with Gasteiger partial charge >= 0.3 is 0 Å². The van der Waals surface area contributed by atoms with Gasteiger partial charge in [0, 0.05) is 23.1 Å². The fourth-order valence-corrected chi connectivity index (χ4v) is 4.39. The SMILES string of the molecule is O=C(NCc1ccccc1C[NH+]1CCCCC1)c1ccc(OCc2cscn2)cc1. The normalized spacial score (nSPS) is 14.4. The van der Waals surface area contributed by atoms with E-state index in [0.29, 0.717) is 18.7 Å². The molecule has 5 nitrogen and oxygen atoms in total. The number of benzene rings is 2. The Morgan fingerprint density at radius 3 is 2.53 bits per heavy atom. The molecule has 0 unspecified atom stereocenters. The maximum absolute atomic E-state index is 12.6. The largest absolute Gasteiger partial charge is 0.487 e. The average Bonchev–Trinajstić information content (AvgIpc) is 3.32. The highest BCUT2D eigenvalue weighted by Crippen LogP contribution is 2.15. The third-order valence-electron chi connectivity index (χ3n) is 5.55. The van der Waals surface area contributed by atoms with Crippen molar-refractivity contribution in [1.29, 1.82) is 0 Å². The van der Waals surface area contributed by atoms with E-state index in [4.69, 9.17) is 4.74 Å². The Labute approximate surface area is 181 Å². The maximum atomic E-state index is 12.6. The second kappa shape index (κ2) is 10.4. The van der Waals surface area contributed by atoms with Gasteiger partial charge in [0.1, 0.15) is 18.9 Å². The second-order valence-electron chi connectivity index (χ2n) is 7.73. The molecule has 3 aromatic rings. The summed E-state index contributed by atoms with van der Waals surface area (Å²) in [4.78, 5) is 18.5. The van der Waals surface area contributed by atoms with Crippen molar-refractivity contribution in [3.63, 3.8) is 0 Å². The molecule has 2 heterocycles. The maximum Gasteiger partial charge on any atom is 0.251 e. The molecular weight excluding hydrogens is 394 g/mol. The Kier molecular flexibility index (Phi) is 7.11. The fourth-order valence-electron chi connectivity index (χ4n) is 3.85. The molecule has 2 aromatic carbocycles. The first-order valence-electron chi connectivity index (χ1n) is 10.6. The number of hydrogen-bond donors (Lipinski definition) is 2. The van der Waals surface area contributed by atoms with Gasteiger partial charge in [-0.3, -0.25) is 4.79 Å². The number of likely N-dealkylation sites (tertiary alicyclic amines) is 1. The molecular formula is C24H28N3O2S+. The highest BCUT2D eigenvalue weighted by Gasteiger charge is 2.16.